The molecule has 0 saturated heterocycles. The molecule has 0 heterocycles. The van der Waals surface area contributed by atoms with Crippen LogP contribution in [-0.2, 0) is 4.79 Å². The topological polar surface area (TPSA) is 49.6 Å². The second-order valence-corrected chi connectivity index (χ2v) is 6.55. The predicted octanol–water partition coefficient (Wildman–Crippen LogP) is 1.55. The van der Waals surface area contributed by atoms with Crippen LogP contribution >= 0.6 is 0 Å². The highest BCUT2D eigenvalue weighted by atomic mass is 16.2. The van der Waals surface area contributed by atoms with Crippen LogP contribution in [0.3, 0.4) is 0 Å². The van der Waals surface area contributed by atoms with Crippen molar-refractivity contribution in [3.05, 3.63) is 0 Å². The van der Waals surface area contributed by atoms with Crippen molar-refractivity contribution < 1.29 is 4.79 Å². The highest BCUT2D eigenvalue weighted by Crippen LogP contribution is 2.39. The van der Waals surface area contributed by atoms with E-state index in [0.29, 0.717) is 6.54 Å². The maximum Gasteiger partial charge on any atom is 0.229 e. The molecule has 4 nitrogen and oxygen atoms in total. The summed E-state index contributed by atoms with van der Waals surface area (Å²) in [6, 6.07) is 0. The van der Waals surface area contributed by atoms with E-state index in [-0.39, 0.29) is 11.3 Å². The Bertz CT molecular complexity index is 283. The third-order valence-electron chi connectivity index (χ3n) is 4.52. The Balaban J connectivity index is 2.53. The lowest BCUT2D eigenvalue weighted by Gasteiger charge is -2.39. The first-order valence-electron chi connectivity index (χ1n) is 7.51. The van der Waals surface area contributed by atoms with Gasteiger partial charge in [-0.1, -0.05) is 6.92 Å². The number of amides is 1. The minimum Gasteiger partial charge on any atom is -0.345 e. The van der Waals surface area contributed by atoms with Gasteiger partial charge in [0.25, 0.3) is 0 Å². The molecule has 1 fully saturated rings. The maximum atomic E-state index is 12.7. The van der Waals surface area contributed by atoms with E-state index in [0.717, 1.165) is 51.1 Å². The van der Waals surface area contributed by atoms with Crippen LogP contribution in [0.4, 0.5) is 0 Å². The molecule has 0 radical (unpaired) electrons. The molecule has 112 valence electrons. The lowest BCUT2D eigenvalue weighted by Crippen LogP contribution is -2.49. The summed E-state index contributed by atoms with van der Waals surface area (Å²) in [5, 5.41) is 0. The molecule has 19 heavy (non-hydrogen) atoms. The molecule has 1 aliphatic carbocycles. The van der Waals surface area contributed by atoms with Crippen molar-refractivity contribution in [2.75, 3.05) is 40.8 Å². The van der Waals surface area contributed by atoms with Crippen molar-refractivity contribution in [3.63, 3.8) is 0 Å². The van der Waals surface area contributed by atoms with Crippen molar-refractivity contribution >= 4 is 5.91 Å². The van der Waals surface area contributed by atoms with Gasteiger partial charge in [-0.25, -0.2) is 0 Å². The number of carbonyl (C=O) groups is 1. The van der Waals surface area contributed by atoms with Crippen LogP contribution in [0.25, 0.3) is 0 Å². The number of rotatable bonds is 6. The Kier molecular flexibility index (Phi) is 6.27. The van der Waals surface area contributed by atoms with Crippen LogP contribution in [0.1, 0.15) is 39.0 Å². The molecule has 1 amide bonds. The number of hydrogen-bond donors (Lipinski definition) is 1. The predicted molar refractivity (Wildman–Crippen MR) is 79.9 cm³/mol. The van der Waals surface area contributed by atoms with E-state index in [9.17, 15) is 4.79 Å². The summed E-state index contributed by atoms with van der Waals surface area (Å²) in [5.74, 6) is 1.01. The molecule has 4 heteroatoms. The molecular formula is C15H31N3O. The zero-order valence-corrected chi connectivity index (χ0v) is 13.1. The Morgan fingerprint density at radius 1 is 1.21 bits per heavy atom. The van der Waals surface area contributed by atoms with Gasteiger partial charge in [0.05, 0.1) is 5.41 Å². The molecule has 1 aliphatic rings. The summed E-state index contributed by atoms with van der Waals surface area (Å²) >= 11 is 0. The van der Waals surface area contributed by atoms with Gasteiger partial charge in [-0.2, -0.15) is 0 Å². The van der Waals surface area contributed by atoms with Gasteiger partial charge in [-0.15, -0.1) is 0 Å². The number of nitrogens with two attached hydrogens (primary N) is 1. The largest absolute Gasteiger partial charge is 0.345 e. The first-order valence-corrected chi connectivity index (χ1v) is 7.51. The highest BCUT2D eigenvalue weighted by molar-refractivity contribution is 5.82. The Morgan fingerprint density at radius 3 is 2.26 bits per heavy atom. The third-order valence-corrected chi connectivity index (χ3v) is 4.52. The number of carbonyl (C=O) groups excluding carboxylic acids is 1. The van der Waals surface area contributed by atoms with Crippen LogP contribution < -0.4 is 5.73 Å². The SMILES string of the molecule is CC1CCC(CN)(C(=O)N(C)CCCN(C)C)CC1. The summed E-state index contributed by atoms with van der Waals surface area (Å²) in [5.41, 5.74) is 5.67. The van der Waals surface area contributed by atoms with Gasteiger partial charge >= 0.3 is 0 Å². The van der Waals surface area contributed by atoms with E-state index in [1.807, 2.05) is 11.9 Å². The lowest BCUT2D eigenvalue weighted by atomic mass is 9.70. The maximum absolute atomic E-state index is 12.7. The zero-order valence-electron chi connectivity index (χ0n) is 13.1. The summed E-state index contributed by atoms with van der Waals surface area (Å²) in [6.45, 7) is 4.61. The normalized spacial score (nSPS) is 27.6. The fourth-order valence-corrected chi connectivity index (χ4v) is 2.95. The smallest absolute Gasteiger partial charge is 0.229 e. The van der Waals surface area contributed by atoms with Crippen LogP contribution in [0.5, 0.6) is 0 Å². The Hall–Kier alpha value is -0.610. The van der Waals surface area contributed by atoms with Crippen LogP contribution in [0.15, 0.2) is 0 Å². The standard InChI is InChI=1S/C15H31N3O/c1-13-6-8-15(12-16,9-7-13)14(19)18(4)11-5-10-17(2)3/h13H,5-12,16H2,1-4H3. The summed E-state index contributed by atoms with van der Waals surface area (Å²) in [6.07, 6.45) is 5.21. The third kappa shape index (κ3) is 4.46. The first kappa shape index (κ1) is 16.4. The van der Waals surface area contributed by atoms with Gasteiger partial charge in [0.15, 0.2) is 0 Å². The van der Waals surface area contributed by atoms with Gasteiger partial charge in [0.1, 0.15) is 0 Å². The second-order valence-electron chi connectivity index (χ2n) is 6.55. The van der Waals surface area contributed by atoms with Crippen molar-refractivity contribution in [3.8, 4) is 0 Å². The van der Waals surface area contributed by atoms with Crippen LogP contribution in [0.2, 0.25) is 0 Å². The van der Waals surface area contributed by atoms with Gasteiger partial charge in [-0.3, -0.25) is 4.79 Å². The molecule has 0 aromatic rings. The quantitative estimate of drug-likeness (QED) is 0.796. The molecule has 1 saturated carbocycles. The molecule has 2 N–H and O–H groups in total. The van der Waals surface area contributed by atoms with Gasteiger partial charge in [0, 0.05) is 20.1 Å². The number of nitrogens with zero attached hydrogens (tertiary/aromatic N) is 2. The van der Waals surface area contributed by atoms with Crippen molar-refractivity contribution in [2.24, 2.45) is 17.1 Å². The molecule has 0 aromatic heterocycles. The average Bonchev–Trinajstić information content (AvgIpc) is 2.38. The molecule has 0 bridgehead atoms. The summed E-state index contributed by atoms with van der Waals surface area (Å²) in [4.78, 5) is 16.7. The van der Waals surface area contributed by atoms with Crippen LogP contribution in [-0.4, -0.2) is 56.5 Å². The van der Waals surface area contributed by atoms with Crippen molar-refractivity contribution in [2.45, 2.75) is 39.0 Å². The van der Waals surface area contributed by atoms with E-state index in [1.165, 1.54) is 0 Å². The fourth-order valence-electron chi connectivity index (χ4n) is 2.95. The number of hydrogen-bond acceptors (Lipinski definition) is 3. The van der Waals surface area contributed by atoms with Gasteiger partial charge in [0.2, 0.25) is 5.91 Å². The van der Waals surface area contributed by atoms with E-state index in [2.05, 4.69) is 25.9 Å². The fraction of sp³-hybridized carbons (Fsp3) is 0.933. The molecule has 1 rings (SSSR count). The first-order chi connectivity index (χ1) is 8.91. The Labute approximate surface area is 118 Å². The Morgan fingerprint density at radius 2 is 1.79 bits per heavy atom. The summed E-state index contributed by atoms with van der Waals surface area (Å²) < 4.78 is 0. The highest BCUT2D eigenvalue weighted by Gasteiger charge is 2.41. The molecule has 0 unspecified atom stereocenters. The minimum atomic E-state index is -0.278. The zero-order chi connectivity index (χ0) is 14.5. The lowest BCUT2D eigenvalue weighted by molar-refractivity contribution is -0.142. The minimum absolute atomic E-state index is 0.264. The second kappa shape index (κ2) is 7.25. The monoisotopic (exact) mass is 269 g/mol. The molecule has 0 spiro atoms. The molecule has 0 aromatic carbocycles. The molecular weight excluding hydrogens is 238 g/mol. The van der Waals surface area contributed by atoms with E-state index >= 15 is 0 Å². The van der Waals surface area contributed by atoms with E-state index in [1.54, 1.807) is 0 Å². The summed E-state index contributed by atoms with van der Waals surface area (Å²) in [7, 11) is 6.05. The molecule has 0 aliphatic heterocycles. The van der Waals surface area contributed by atoms with Gasteiger partial charge < -0.3 is 15.5 Å². The van der Waals surface area contributed by atoms with Crippen LogP contribution in [0, 0.1) is 11.3 Å². The molecule has 0 atom stereocenters. The van der Waals surface area contributed by atoms with Gasteiger partial charge in [-0.05, 0) is 58.7 Å². The van der Waals surface area contributed by atoms with E-state index < -0.39 is 0 Å². The van der Waals surface area contributed by atoms with E-state index in [4.69, 9.17) is 5.73 Å². The van der Waals surface area contributed by atoms with Crippen molar-refractivity contribution in [1.29, 1.82) is 0 Å². The van der Waals surface area contributed by atoms with Crippen molar-refractivity contribution in [1.82, 2.24) is 9.80 Å². The average molecular weight is 269 g/mol.